The molecule has 0 spiro atoms. The van der Waals surface area contributed by atoms with Gasteiger partial charge in [0.1, 0.15) is 0 Å². The first-order valence-electron chi connectivity index (χ1n) is 6.14. The minimum absolute atomic E-state index is 0.0901. The summed E-state index contributed by atoms with van der Waals surface area (Å²) in [6.45, 7) is 0.380. The molecule has 0 aliphatic rings. The van der Waals surface area contributed by atoms with Gasteiger partial charge in [-0.3, -0.25) is 4.79 Å². The fraction of sp³-hybridized carbons (Fsp3) is 0.143. The molecule has 0 radical (unpaired) electrons. The normalized spacial score (nSPS) is 9.85. The van der Waals surface area contributed by atoms with Crippen molar-refractivity contribution in [1.29, 1.82) is 0 Å². The van der Waals surface area contributed by atoms with E-state index < -0.39 is 0 Å². The number of benzene rings is 1. The fourth-order valence-electron chi connectivity index (χ4n) is 1.61. The van der Waals surface area contributed by atoms with Crippen molar-refractivity contribution in [2.24, 2.45) is 5.84 Å². The Hall–Kier alpha value is -2.60. The van der Waals surface area contributed by atoms with Gasteiger partial charge in [-0.25, -0.2) is 10.8 Å². The van der Waals surface area contributed by atoms with Crippen LogP contribution in [0.1, 0.15) is 5.56 Å². The Labute approximate surface area is 116 Å². The predicted octanol–water partition coefficient (Wildman–Crippen LogP) is 1.06. The SMILES string of the molecule is NNc1ncccc1OCC(=O)NCc1ccccc1. The summed E-state index contributed by atoms with van der Waals surface area (Å²) in [5.74, 6) is 5.92. The largest absolute Gasteiger partial charge is 0.480 e. The molecule has 2 aromatic rings. The van der Waals surface area contributed by atoms with Gasteiger partial charge in [0, 0.05) is 12.7 Å². The van der Waals surface area contributed by atoms with E-state index in [2.05, 4.69) is 15.7 Å². The zero-order valence-electron chi connectivity index (χ0n) is 10.9. The number of aromatic nitrogens is 1. The van der Waals surface area contributed by atoms with Gasteiger partial charge in [0.15, 0.2) is 18.2 Å². The number of hydrogen-bond acceptors (Lipinski definition) is 5. The third-order valence-electron chi connectivity index (χ3n) is 2.60. The molecule has 104 valence electrons. The summed E-state index contributed by atoms with van der Waals surface area (Å²) in [4.78, 5) is 15.7. The Morgan fingerprint density at radius 2 is 2.00 bits per heavy atom. The maximum absolute atomic E-state index is 11.7. The molecule has 6 nitrogen and oxygen atoms in total. The topological polar surface area (TPSA) is 89.3 Å². The van der Waals surface area contributed by atoms with Gasteiger partial charge in [-0.1, -0.05) is 30.3 Å². The van der Waals surface area contributed by atoms with Crippen LogP contribution in [0, 0.1) is 0 Å². The summed E-state index contributed by atoms with van der Waals surface area (Å²) < 4.78 is 5.36. The van der Waals surface area contributed by atoms with Crippen molar-refractivity contribution in [3.63, 3.8) is 0 Å². The molecule has 1 amide bonds. The zero-order chi connectivity index (χ0) is 14.2. The van der Waals surface area contributed by atoms with Gasteiger partial charge in [-0.2, -0.15) is 0 Å². The summed E-state index contributed by atoms with van der Waals surface area (Å²) in [6.07, 6.45) is 1.58. The molecule has 1 aromatic heterocycles. The highest BCUT2D eigenvalue weighted by Gasteiger charge is 2.06. The van der Waals surface area contributed by atoms with E-state index in [1.807, 2.05) is 30.3 Å². The molecule has 4 N–H and O–H groups in total. The Balaban J connectivity index is 1.80. The van der Waals surface area contributed by atoms with Crippen molar-refractivity contribution >= 4 is 11.7 Å². The van der Waals surface area contributed by atoms with E-state index in [1.165, 1.54) is 0 Å². The van der Waals surface area contributed by atoms with Crippen LogP contribution in [0.3, 0.4) is 0 Å². The number of hydrazine groups is 1. The van der Waals surface area contributed by atoms with E-state index in [0.717, 1.165) is 5.56 Å². The van der Waals surface area contributed by atoms with E-state index in [9.17, 15) is 4.79 Å². The van der Waals surface area contributed by atoms with Crippen LogP contribution in [0.4, 0.5) is 5.82 Å². The molecular weight excluding hydrogens is 256 g/mol. The molecular formula is C14H16N4O2. The maximum atomic E-state index is 11.7. The second-order valence-electron chi connectivity index (χ2n) is 4.05. The molecule has 0 aliphatic carbocycles. The molecule has 6 heteroatoms. The standard InChI is InChI=1S/C14H16N4O2/c15-18-14-12(7-4-8-16-14)20-10-13(19)17-9-11-5-2-1-3-6-11/h1-8H,9-10,15H2,(H,16,18)(H,17,19). The predicted molar refractivity (Wildman–Crippen MR) is 75.8 cm³/mol. The van der Waals surface area contributed by atoms with Gasteiger partial charge in [0.2, 0.25) is 0 Å². The monoisotopic (exact) mass is 272 g/mol. The van der Waals surface area contributed by atoms with Crippen LogP contribution in [0.2, 0.25) is 0 Å². The third kappa shape index (κ3) is 3.96. The average molecular weight is 272 g/mol. The number of ether oxygens (including phenoxy) is 1. The number of nitrogen functional groups attached to an aromatic ring is 1. The van der Waals surface area contributed by atoms with Crippen LogP contribution in [0.5, 0.6) is 5.75 Å². The molecule has 0 saturated heterocycles. The fourth-order valence-corrected chi connectivity index (χ4v) is 1.61. The first kappa shape index (κ1) is 13.8. The minimum Gasteiger partial charge on any atom is -0.480 e. The Kier molecular flexibility index (Phi) is 4.91. The second-order valence-corrected chi connectivity index (χ2v) is 4.05. The van der Waals surface area contributed by atoms with Crippen LogP contribution in [0.15, 0.2) is 48.7 Å². The summed E-state index contributed by atoms with van der Waals surface area (Å²) >= 11 is 0. The van der Waals surface area contributed by atoms with Gasteiger partial charge in [-0.05, 0) is 17.7 Å². The lowest BCUT2D eigenvalue weighted by atomic mass is 10.2. The number of amides is 1. The van der Waals surface area contributed by atoms with E-state index in [0.29, 0.717) is 18.1 Å². The van der Waals surface area contributed by atoms with Crippen molar-refractivity contribution in [3.05, 3.63) is 54.2 Å². The highest BCUT2D eigenvalue weighted by atomic mass is 16.5. The van der Waals surface area contributed by atoms with Crippen LogP contribution in [-0.4, -0.2) is 17.5 Å². The summed E-state index contributed by atoms with van der Waals surface area (Å²) in [5.41, 5.74) is 3.44. The van der Waals surface area contributed by atoms with Crippen molar-refractivity contribution in [3.8, 4) is 5.75 Å². The van der Waals surface area contributed by atoms with Crippen molar-refractivity contribution in [1.82, 2.24) is 10.3 Å². The summed E-state index contributed by atoms with van der Waals surface area (Å²) in [6, 6.07) is 13.1. The van der Waals surface area contributed by atoms with Crippen LogP contribution in [-0.2, 0) is 11.3 Å². The number of carbonyl (C=O) groups is 1. The molecule has 1 aromatic carbocycles. The van der Waals surface area contributed by atoms with Crippen LogP contribution < -0.4 is 21.3 Å². The molecule has 0 saturated carbocycles. The van der Waals surface area contributed by atoms with Crippen LogP contribution in [0.25, 0.3) is 0 Å². The lowest BCUT2D eigenvalue weighted by Crippen LogP contribution is -2.28. The van der Waals surface area contributed by atoms with Gasteiger partial charge in [0.25, 0.3) is 5.91 Å². The van der Waals surface area contributed by atoms with Crippen molar-refractivity contribution < 1.29 is 9.53 Å². The van der Waals surface area contributed by atoms with Crippen LogP contribution >= 0.6 is 0 Å². The highest BCUT2D eigenvalue weighted by molar-refractivity contribution is 5.77. The zero-order valence-corrected chi connectivity index (χ0v) is 10.9. The Bertz CT molecular complexity index is 560. The number of hydrogen-bond donors (Lipinski definition) is 3. The van der Waals surface area contributed by atoms with E-state index in [4.69, 9.17) is 10.6 Å². The first-order chi connectivity index (χ1) is 9.79. The van der Waals surface area contributed by atoms with Crippen molar-refractivity contribution in [2.75, 3.05) is 12.0 Å². The number of anilines is 1. The lowest BCUT2D eigenvalue weighted by Gasteiger charge is -2.10. The quantitative estimate of drug-likeness (QED) is 0.540. The molecule has 0 fully saturated rings. The Morgan fingerprint density at radius 3 is 2.75 bits per heavy atom. The minimum atomic E-state index is -0.208. The average Bonchev–Trinajstić information content (AvgIpc) is 2.52. The van der Waals surface area contributed by atoms with E-state index in [1.54, 1.807) is 18.3 Å². The molecule has 0 atom stereocenters. The Morgan fingerprint density at radius 1 is 1.20 bits per heavy atom. The molecule has 0 bridgehead atoms. The first-order valence-corrected chi connectivity index (χ1v) is 6.14. The number of nitrogens with two attached hydrogens (primary N) is 1. The number of carbonyl (C=O) groups excluding carboxylic acids is 1. The summed E-state index contributed by atoms with van der Waals surface area (Å²) in [7, 11) is 0. The summed E-state index contributed by atoms with van der Waals surface area (Å²) in [5, 5.41) is 2.77. The smallest absolute Gasteiger partial charge is 0.258 e. The van der Waals surface area contributed by atoms with E-state index >= 15 is 0 Å². The second kappa shape index (κ2) is 7.10. The molecule has 1 heterocycles. The number of nitrogens with one attached hydrogen (secondary N) is 2. The molecule has 0 aliphatic heterocycles. The van der Waals surface area contributed by atoms with Gasteiger partial charge < -0.3 is 15.5 Å². The number of nitrogens with zero attached hydrogens (tertiary/aromatic N) is 1. The number of pyridine rings is 1. The highest BCUT2D eigenvalue weighted by Crippen LogP contribution is 2.18. The van der Waals surface area contributed by atoms with E-state index in [-0.39, 0.29) is 12.5 Å². The number of rotatable bonds is 6. The molecule has 2 rings (SSSR count). The van der Waals surface area contributed by atoms with Gasteiger partial charge in [-0.15, -0.1) is 0 Å². The maximum Gasteiger partial charge on any atom is 0.258 e. The lowest BCUT2D eigenvalue weighted by molar-refractivity contribution is -0.123. The molecule has 20 heavy (non-hydrogen) atoms. The van der Waals surface area contributed by atoms with Crippen molar-refractivity contribution in [2.45, 2.75) is 6.54 Å². The molecule has 0 unspecified atom stereocenters. The van der Waals surface area contributed by atoms with Gasteiger partial charge in [0.05, 0.1) is 0 Å². The third-order valence-corrected chi connectivity index (χ3v) is 2.60. The van der Waals surface area contributed by atoms with Gasteiger partial charge >= 0.3 is 0 Å².